The molecule has 2 nitrogen and oxygen atoms in total. The minimum Gasteiger partial charge on any atom is -0.361 e. The van der Waals surface area contributed by atoms with Gasteiger partial charge in [-0.25, -0.2) is 0 Å². The molecule has 0 amide bonds. The van der Waals surface area contributed by atoms with E-state index in [1.54, 1.807) is 0 Å². The lowest BCUT2D eigenvalue weighted by atomic mass is 9.94. The highest BCUT2D eigenvalue weighted by molar-refractivity contribution is 6.32. The summed E-state index contributed by atoms with van der Waals surface area (Å²) in [7, 11) is 2.08. The van der Waals surface area contributed by atoms with Gasteiger partial charge in [0.1, 0.15) is 19.7 Å². The lowest BCUT2D eigenvalue weighted by molar-refractivity contribution is 0.572. The summed E-state index contributed by atoms with van der Waals surface area (Å²) in [6, 6.07) is 24.3. The molecule has 0 fully saturated rings. The molecule has 0 saturated carbocycles. The van der Waals surface area contributed by atoms with E-state index in [1.807, 2.05) is 36.4 Å². The lowest BCUT2D eigenvalue weighted by Gasteiger charge is -2.20. The van der Waals surface area contributed by atoms with Crippen LogP contribution in [0.25, 0.3) is 0 Å². The van der Waals surface area contributed by atoms with Crippen molar-refractivity contribution in [2.75, 3.05) is 0 Å². The number of nitrogens with one attached hydrogen (secondary N) is 1. The second-order valence-electron chi connectivity index (χ2n) is 6.51. The third-order valence-corrected chi connectivity index (χ3v) is 5.15. The quantitative estimate of drug-likeness (QED) is 0.682. The molecule has 1 aliphatic heterocycles. The highest BCUT2D eigenvalue weighted by Gasteiger charge is 2.31. The van der Waals surface area contributed by atoms with Gasteiger partial charge in [-0.1, -0.05) is 77.2 Å². The Kier molecular flexibility index (Phi) is 4.75. The molecule has 0 saturated heterocycles. The third kappa shape index (κ3) is 3.51. The predicted octanol–water partition coefficient (Wildman–Crippen LogP) is 4.08. The fourth-order valence-corrected chi connectivity index (χ4v) is 3.46. The molecule has 3 aromatic rings. The van der Waals surface area contributed by atoms with Crippen LogP contribution in [0.1, 0.15) is 28.8 Å². The van der Waals surface area contributed by atoms with Crippen LogP contribution in [0.5, 0.6) is 0 Å². The second-order valence-corrected chi connectivity index (χ2v) is 7.39. The Hall–Kier alpha value is -2.23. The van der Waals surface area contributed by atoms with Crippen LogP contribution in [0, 0.1) is 0 Å². The van der Waals surface area contributed by atoms with E-state index in [-0.39, 0.29) is 12.1 Å². The summed E-state index contributed by atoms with van der Waals surface area (Å²) in [6.07, 6.45) is 0. The molecule has 128 valence electrons. The largest absolute Gasteiger partial charge is 0.361 e. The van der Waals surface area contributed by atoms with Crippen LogP contribution >= 0.6 is 23.2 Å². The number of amidine groups is 1. The van der Waals surface area contributed by atoms with Crippen molar-refractivity contribution in [1.82, 2.24) is 5.32 Å². The van der Waals surface area contributed by atoms with Crippen molar-refractivity contribution >= 4 is 42.3 Å². The van der Waals surface area contributed by atoms with E-state index in [9.17, 15) is 0 Å². The third-order valence-electron chi connectivity index (χ3n) is 4.64. The average molecular weight is 379 g/mol. The van der Waals surface area contributed by atoms with E-state index >= 15 is 0 Å². The van der Waals surface area contributed by atoms with Gasteiger partial charge < -0.3 is 5.32 Å². The smallest absolute Gasteiger partial charge is 0.139 e. The van der Waals surface area contributed by atoms with Crippen molar-refractivity contribution in [3.63, 3.8) is 0 Å². The Labute approximate surface area is 164 Å². The van der Waals surface area contributed by atoms with E-state index in [4.69, 9.17) is 28.2 Å². The first-order chi connectivity index (χ1) is 12.6. The first-order valence-corrected chi connectivity index (χ1v) is 9.28. The Morgan fingerprint density at radius 3 is 1.85 bits per heavy atom. The first-order valence-electron chi connectivity index (χ1n) is 8.52. The zero-order chi connectivity index (χ0) is 18.1. The molecule has 0 bridgehead atoms. The number of rotatable bonds is 3. The van der Waals surface area contributed by atoms with Crippen molar-refractivity contribution in [3.05, 3.63) is 99.5 Å². The molecule has 0 radical (unpaired) electrons. The lowest BCUT2D eigenvalue weighted by Crippen LogP contribution is -2.25. The minimum atomic E-state index is -0.0234. The van der Waals surface area contributed by atoms with Gasteiger partial charge in [-0.3, -0.25) is 4.99 Å². The maximum atomic E-state index is 6.06. The predicted molar refractivity (Wildman–Crippen MR) is 113 cm³/mol. The number of hydrogen-bond acceptors (Lipinski definition) is 2. The van der Waals surface area contributed by atoms with Crippen molar-refractivity contribution < 1.29 is 0 Å². The second kappa shape index (κ2) is 7.18. The highest BCUT2D eigenvalue weighted by Crippen LogP contribution is 2.37. The van der Waals surface area contributed by atoms with Crippen molar-refractivity contribution in [1.29, 1.82) is 0 Å². The Morgan fingerprint density at radius 2 is 1.27 bits per heavy atom. The molecule has 0 spiro atoms. The van der Waals surface area contributed by atoms with Gasteiger partial charge in [0, 0.05) is 15.6 Å². The Bertz CT molecular complexity index is 935. The summed E-state index contributed by atoms with van der Waals surface area (Å²) in [5, 5.41) is 5.06. The Morgan fingerprint density at radius 1 is 0.731 bits per heavy atom. The van der Waals surface area contributed by atoms with E-state index in [0.717, 1.165) is 32.6 Å². The van der Waals surface area contributed by atoms with Gasteiger partial charge in [-0.05, 0) is 35.4 Å². The minimum absolute atomic E-state index is 0.0234. The molecule has 3 aromatic carbocycles. The topological polar surface area (TPSA) is 24.4 Å². The number of aliphatic imine (C=N–C) groups is 1. The maximum Gasteiger partial charge on any atom is 0.139 e. The summed E-state index contributed by atoms with van der Waals surface area (Å²) in [4.78, 5) is 5.00. The molecule has 0 aliphatic carbocycles. The fourth-order valence-electron chi connectivity index (χ4n) is 3.21. The van der Waals surface area contributed by atoms with Crippen LogP contribution in [0.4, 0.5) is 0 Å². The zero-order valence-corrected chi connectivity index (χ0v) is 15.8. The summed E-state index contributed by atoms with van der Waals surface area (Å²) in [5.74, 6) is 0.907. The fraction of sp³-hybridized carbons (Fsp3) is 0.0952. The van der Waals surface area contributed by atoms with E-state index in [0.29, 0.717) is 0 Å². The molecule has 2 atom stereocenters. The van der Waals surface area contributed by atoms with E-state index in [1.165, 1.54) is 5.46 Å². The summed E-state index contributed by atoms with van der Waals surface area (Å²) in [5.41, 5.74) is 4.60. The molecule has 4 rings (SSSR count). The van der Waals surface area contributed by atoms with Gasteiger partial charge in [0.25, 0.3) is 0 Å². The van der Waals surface area contributed by atoms with Crippen LogP contribution in [-0.4, -0.2) is 13.7 Å². The average Bonchev–Trinajstić information content (AvgIpc) is 3.09. The first kappa shape index (κ1) is 17.2. The van der Waals surface area contributed by atoms with Crippen LogP contribution in [0.2, 0.25) is 10.0 Å². The molecular weight excluding hydrogens is 362 g/mol. The molecule has 1 aliphatic rings. The molecule has 5 heteroatoms. The van der Waals surface area contributed by atoms with Crippen LogP contribution in [-0.2, 0) is 0 Å². The van der Waals surface area contributed by atoms with Gasteiger partial charge in [0.15, 0.2) is 0 Å². The number of halogens is 2. The number of benzene rings is 3. The van der Waals surface area contributed by atoms with E-state index in [2.05, 4.69) is 49.6 Å². The van der Waals surface area contributed by atoms with Gasteiger partial charge in [-0.15, -0.1) is 0 Å². The summed E-state index contributed by atoms with van der Waals surface area (Å²) >= 11 is 12.1. The normalized spacial score (nSPS) is 19.1. The van der Waals surface area contributed by atoms with Crippen LogP contribution in [0.3, 0.4) is 0 Å². The van der Waals surface area contributed by atoms with Crippen molar-refractivity contribution in [3.8, 4) is 0 Å². The molecular formula is C21H17BCl2N2. The zero-order valence-electron chi connectivity index (χ0n) is 14.3. The van der Waals surface area contributed by atoms with Gasteiger partial charge in [0.2, 0.25) is 0 Å². The molecule has 0 unspecified atom stereocenters. The van der Waals surface area contributed by atoms with Gasteiger partial charge in [-0.2, -0.15) is 0 Å². The monoisotopic (exact) mass is 378 g/mol. The number of hydrogen-bond donors (Lipinski definition) is 1. The molecule has 1 heterocycles. The highest BCUT2D eigenvalue weighted by atomic mass is 35.5. The van der Waals surface area contributed by atoms with Crippen molar-refractivity contribution in [2.24, 2.45) is 4.99 Å². The van der Waals surface area contributed by atoms with Crippen LogP contribution in [0.15, 0.2) is 77.8 Å². The standard InChI is InChI=1S/C21H17BCl2N2/c22-16-7-1-15(2-8-16)21-25-19(13-3-9-17(23)10-4-13)20(26-21)14-5-11-18(24)12-6-14/h1-12,19-20H,22H2,(H,25,26)/t19-,20+. The van der Waals surface area contributed by atoms with Gasteiger partial charge >= 0.3 is 0 Å². The SMILES string of the molecule is Bc1ccc(C2=N[C@H](c3ccc(Cl)cc3)[C@H](c3ccc(Cl)cc3)N2)cc1. The molecule has 1 N–H and O–H groups in total. The van der Waals surface area contributed by atoms with E-state index < -0.39 is 0 Å². The van der Waals surface area contributed by atoms with Crippen molar-refractivity contribution in [2.45, 2.75) is 12.1 Å². The summed E-state index contributed by atoms with van der Waals surface area (Å²) in [6.45, 7) is 0. The summed E-state index contributed by atoms with van der Waals surface area (Å²) < 4.78 is 0. The Balaban J connectivity index is 1.74. The maximum absolute atomic E-state index is 6.06. The molecule has 0 aromatic heterocycles. The number of nitrogens with zero attached hydrogens (tertiary/aromatic N) is 1. The van der Waals surface area contributed by atoms with Gasteiger partial charge in [0.05, 0.1) is 6.04 Å². The van der Waals surface area contributed by atoms with Crippen LogP contribution < -0.4 is 10.8 Å². The molecule has 26 heavy (non-hydrogen) atoms.